The van der Waals surface area contributed by atoms with E-state index in [2.05, 4.69) is 4.90 Å². The van der Waals surface area contributed by atoms with Crippen LogP contribution in [0.2, 0.25) is 0 Å². The minimum atomic E-state index is 0.131. The quantitative estimate of drug-likeness (QED) is 0.712. The van der Waals surface area contributed by atoms with E-state index in [0.29, 0.717) is 18.0 Å². The van der Waals surface area contributed by atoms with Crippen LogP contribution in [-0.4, -0.2) is 29.8 Å². The summed E-state index contributed by atoms with van der Waals surface area (Å²) in [5, 5.41) is 8.96. The van der Waals surface area contributed by atoms with Crippen LogP contribution in [0.4, 0.5) is 5.69 Å². The topological polar surface area (TPSA) is 49.5 Å². The summed E-state index contributed by atoms with van der Waals surface area (Å²) in [5.41, 5.74) is 6.54. The molecule has 3 nitrogen and oxygen atoms in total. The van der Waals surface area contributed by atoms with Gasteiger partial charge in [0.2, 0.25) is 0 Å². The van der Waals surface area contributed by atoms with Crippen molar-refractivity contribution >= 4 is 22.9 Å². The van der Waals surface area contributed by atoms with Gasteiger partial charge in [-0.3, -0.25) is 0 Å². The van der Waals surface area contributed by atoms with Crippen molar-refractivity contribution in [1.29, 1.82) is 0 Å². The Kier molecular flexibility index (Phi) is 5.07. The first-order chi connectivity index (χ1) is 7.24. The summed E-state index contributed by atoms with van der Waals surface area (Å²) in [6.45, 7) is 1.48. The number of para-hydroxylation sites is 1. The molecule has 0 spiro atoms. The Bertz CT molecular complexity index is 303. The van der Waals surface area contributed by atoms with E-state index in [4.69, 9.17) is 23.1 Å². The van der Waals surface area contributed by atoms with Crippen LogP contribution < -0.4 is 10.6 Å². The van der Waals surface area contributed by atoms with E-state index in [1.807, 2.05) is 30.3 Å². The van der Waals surface area contributed by atoms with Gasteiger partial charge in [0.05, 0.1) is 11.6 Å². The van der Waals surface area contributed by atoms with Crippen LogP contribution in [0.15, 0.2) is 30.3 Å². The zero-order chi connectivity index (χ0) is 11.1. The van der Waals surface area contributed by atoms with Gasteiger partial charge in [0.15, 0.2) is 0 Å². The van der Waals surface area contributed by atoms with Gasteiger partial charge in [0.25, 0.3) is 0 Å². The van der Waals surface area contributed by atoms with E-state index in [1.54, 1.807) is 0 Å². The van der Waals surface area contributed by atoms with Gasteiger partial charge in [-0.15, -0.1) is 0 Å². The fourth-order valence-electron chi connectivity index (χ4n) is 1.37. The lowest BCUT2D eigenvalue weighted by Crippen LogP contribution is -2.30. The first-order valence-corrected chi connectivity index (χ1v) is 5.34. The number of thiocarbonyl (C=S) groups is 1. The number of aliphatic hydroxyl groups excluding tert-OH is 1. The van der Waals surface area contributed by atoms with Crippen molar-refractivity contribution in [3.8, 4) is 0 Å². The molecule has 82 valence electrons. The van der Waals surface area contributed by atoms with Gasteiger partial charge in [-0.25, -0.2) is 0 Å². The van der Waals surface area contributed by atoms with Crippen LogP contribution in [0.1, 0.15) is 6.42 Å². The van der Waals surface area contributed by atoms with Crippen LogP contribution in [0.3, 0.4) is 0 Å². The number of hydrogen-bond acceptors (Lipinski definition) is 3. The number of nitrogens with two attached hydrogens (primary N) is 1. The SMILES string of the molecule is NC(=S)CCN(CCO)c1ccccc1. The summed E-state index contributed by atoms with van der Waals surface area (Å²) >= 11 is 4.84. The number of hydrogen-bond donors (Lipinski definition) is 2. The molecule has 4 heteroatoms. The Morgan fingerprint density at radius 2 is 1.93 bits per heavy atom. The average molecular weight is 224 g/mol. The molecule has 1 rings (SSSR count). The Balaban J connectivity index is 2.61. The third-order valence-electron chi connectivity index (χ3n) is 2.12. The number of benzene rings is 1. The Labute approximate surface area is 95.5 Å². The summed E-state index contributed by atoms with van der Waals surface area (Å²) in [4.78, 5) is 2.58. The first-order valence-electron chi connectivity index (χ1n) is 4.93. The van der Waals surface area contributed by atoms with Gasteiger partial charge >= 0.3 is 0 Å². The monoisotopic (exact) mass is 224 g/mol. The van der Waals surface area contributed by atoms with Crippen LogP contribution >= 0.6 is 12.2 Å². The maximum Gasteiger partial charge on any atom is 0.0745 e. The van der Waals surface area contributed by atoms with Crippen molar-refractivity contribution < 1.29 is 5.11 Å². The molecule has 0 aromatic heterocycles. The molecule has 0 aliphatic rings. The molecule has 1 aromatic carbocycles. The molecule has 0 atom stereocenters. The van der Waals surface area contributed by atoms with Gasteiger partial charge in [0.1, 0.15) is 0 Å². The first kappa shape index (κ1) is 11.9. The molecule has 0 bridgehead atoms. The fourth-order valence-corrected chi connectivity index (χ4v) is 1.47. The fraction of sp³-hybridized carbons (Fsp3) is 0.364. The molecular weight excluding hydrogens is 208 g/mol. The Hall–Kier alpha value is -1.13. The van der Waals surface area contributed by atoms with Crippen molar-refractivity contribution in [3.05, 3.63) is 30.3 Å². The minimum Gasteiger partial charge on any atom is -0.395 e. The molecule has 0 unspecified atom stereocenters. The second-order valence-corrected chi connectivity index (χ2v) is 3.79. The molecule has 0 amide bonds. The van der Waals surface area contributed by atoms with Crippen LogP contribution in [0.25, 0.3) is 0 Å². The number of nitrogens with zero attached hydrogens (tertiary/aromatic N) is 1. The number of anilines is 1. The molecule has 15 heavy (non-hydrogen) atoms. The Morgan fingerprint density at radius 3 is 2.47 bits per heavy atom. The molecular formula is C11H16N2OS. The van der Waals surface area contributed by atoms with E-state index in [-0.39, 0.29) is 6.61 Å². The van der Waals surface area contributed by atoms with Crippen molar-refractivity contribution in [3.63, 3.8) is 0 Å². The lowest BCUT2D eigenvalue weighted by Gasteiger charge is -2.23. The average Bonchev–Trinajstić information content (AvgIpc) is 2.25. The smallest absolute Gasteiger partial charge is 0.0745 e. The van der Waals surface area contributed by atoms with E-state index in [0.717, 1.165) is 12.2 Å². The highest BCUT2D eigenvalue weighted by Gasteiger charge is 2.05. The second-order valence-electron chi connectivity index (χ2n) is 3.26. The van der Waals surface area contributed by atoms with Crippen molar-refractivity contribution in [1.82, 2.24) is 0 Å². The van der Waals surface area contributed by atoms with E-state index in [9.17, 15) is 0 Å². The lowest BCUT2D eigenvalue weighted by molar-refractivity contribution is 0.302. The third-order valence-corrected chi connectivity index (χ3v) is 2.32. The lowest BCUT2D eigenvalue weighted by atomic mass is 10.2. The predicted octanol–water partition coefficient (Wildman–Crippen LogP) is 1.16. The zero-order valence-electron chi connectivity index (χ0n) is 8.60. The Morgan fingerprint density at radius 1 is 1.27 bits per heavy atom. The normalized spacial score (nSPS) is 9.93. The summed E-state index contributed by atoms with van der Waals surface area (Å²) in [6, 6.07) is 9.93. The number of rotatable bonds is 6. The highest BCUT2D eigenvalue weighted by molar-refractivity contribution is 7.80. The summed E-state index contributed by atoms with van der Waals surface area (Å²) < 4.78 is 0. The highest BCUT2D eigenvalue weighted by atomic mass is 32.1. The minimum absolute atomic E-state index is 0.131. The third kappa shape index (κ3) is 4.27. The van der Waals surface area contributed by atoms with Crippen LogP contribution in [-0.2, 0) is 0 Å². The van der Waals surface area contributed by atoms with Gasteiger partial charge in [-0.05, 0) is 12.1 Å². The standard InChI is InChI=1S/C11H16N2OS/c12-11(15)6-7-13(8-9-14)10-4-2-1-3-5-10/h1-5,14H,6-9H2,(H2,12,15). The summed E-state index contributed by atoms with van der Waals surface area (Å²) in [5.74, 6) is 0. The highest BCUT2D eigenvalue weighted by Crippen LogP contribution is 2.12. The van der Waals surface area contributed by atoms with Crippen molar-refractivity contribution in [2.45, 2.75) is 6.42 Å². The molecule has 0 fully saturated rings. The molecule has 0 aliphatic carbocycles. The molecule has 0 saturated carbocycles. The van der Waals surface area contributed by atoms with Crippen LogP contribution in [0, 0.1) is 0 Å². The largest absolute Gasteiger partial charge is 0.395 e. The predicted molar refractivity (Wildman–Crippen MR) is 67.1 cm³/mol. The second kappa shape index (κ2) is 6.37. The van der Waals surface area contributed by atoms with Crippen molar-refractivity contribution in [2.24, 2.45) is 5.73 Å². The molecule has 1 aromatic rings. The summed E-state index contributed by atoms with van der Waals surface area (Å²) in [7, 11) is 0. The van der Waals surface area contributed by atoms with E-state index >= 15 is 0 Å². The molecule has 3 N–H and O–H groups in total. The summed E-state index contributed by atoms with van der Waals surface area (Å²) in [6.07, 6.45) is 0.671. The van der Waals surface area contributed by atoms with E-state index in [1.165, 1.54) is 0 Å². The zero-order valence-corrected chi connectivity index (χ0v) is 9.41. The van der Waals surface area contributed by atoms with Gasteiger partial charge in [0, 0.05) is 25.2 Å². The van der Waals surface area contributed by atoms with Gasteiger partial charge < -0.3 is 15.7 Å². The molecule has 0 saturated heterocycles. The van der Waals surface area contributed by atoms with Gasteiger partial charge in [-0.1, -0.05) is 30.4 Å². The number of aliphatic hydroxyl groups is 1. The van der Waals surface area contributed by atoms with Crippen LogP contribution in [0.5, 0.6) is 0 Å². The maximum absolute atomic E-state index is 8.96. The maximum atomic E-state index is 8.96. The van der Waals surface area contributed by atoms with Gasteiger partial charge in [-0.2, -0.15) is 0 Å². The molecule has 0 aliphatic heterocycles. The molecule has 0 heterocycles. The van der Waals surface area contributed by atoms with Crippen molar-refractivity contribution in [2.75, 3.05) is 24.6 Å². The van der Waals surface area contributed by atoms with E-state index < -0.39 is 0 Å². The molecule has 0 radical (unpaired) electrons.